The lowest BCUT2D eigenvalue weighted by atomic mass is 10.3. The second-order valence-corrected chi connectivity index (χ2v) is 4.76. The maximum Gasteiger partial charge on any atom is 0.259 e. The molecule has 0 radical (unpaired) electrons. The standard InChI is InChI=1S/C5H2Cl2N4.C5H4N4O2/c6-3-1-4(7)11-5(10-3)8-2-9-11;10-3-1-4(11)9-5(8-3)6-2-7-9/h1-2H;2H,1H2,(H,6,7,8,10). The summed E-state index contributed by atoms with van der Waals surface area (Å²) in [6.07, 6.45) is 2.43. The zero-order valence-corrected chi connectivity index (χ0v) is 12.2. The van der Waals surface area contributed by atoms with E-state index in [4.69, 9.17) is 23.2 Å². The molecule has 10 nitrogen and oxygen atoms in total. The number of anilines is 1. The van der Waals surface area contributed by atoms with Gasteiger partial charge in [-0.1, -0.05) is 23.2 Å². The lowest BCUT2D eigenvalue weighted by Crippen LogP contribution is -2.30. The number of hydrogen-bond donors (Lipinski definition) is 1. The van der Waals surface area contributed by atoms with Gasteiger partial charge in [0.15, 0.2) is 0 Å². The van der Waals surface area contributed by atoms with Crippen molar-refractivity contribution >= 4 is 46.7 Å². The van der Waals surface area contributed by atoms with Crippen LogP contribution in [0.4, 0.5) is 5.95 Å². The second-order valence-electron chi connectivity index (χ2n) is 3.99. The van der Waals surface area contributed by atoms with Gasteiger partial charge < -0.3 is 0 Å². The predicted molar refractivity (Wildman–Crippen MR) is 74.7 cm³/mol. The van der Waals surface area contributed by atoms with E-state index in [1.807, 2.05) is 0 Å². The first-order valence-electron chi connectivity index (χ1n) is 5.79. The molecule has 0 aromatic carbocycles. The molecule has 0 aliphatic carbocycles. The fraction of sp³-hybridized carbons (Fsp3) is 0.100. The summed E-state index contributed by atoms with van der Waals surface area (Å²) < 4.78 is 2.47. The highest BCUT2D eigenvalue weighted by Crippen LogP contribution is 2.13. The van der Waals surface area contributed by atoms with Crippen molar-refractivity contribution in [1.29, 1.82) is 0 Å². The van der Waals surface area contributed by atoms with Crippen molar-refractivity contribution in [2.75, 3.05) is 5.32 Å². The van der Waals surface area contributed by atoms with Crippen molar-refractivity contribution in [3.63, 3.8) is 0 Å². The van der Waals surface area contributed by atoms with Crippen LogP contribution < -0.4 is 5.32 Å². The van der Waals surface area contributed by atoms with E-state index in [-0.39, 0.29) is 24.2 Å². The number of carbonyl (C=O) groups excluding carboxylic acids is 2. The largest absolute Gasteiger partial charge is 0.294 e. The van der Waals surface area contributed by atoms with Crippen molar-refractivity contribution in [2.45, 2.75) is 6.42 Å². The molecule has 1 aliphatic heterocycles. The van der Waals surface area contributed by atoms with Crippen molar-refractivity contribution in [2.24, 2.45) is 0 Å². The molecule has 0 saturated carbocycles. The molecule has 0 fully saturated rings. The lowest BCUT2D eigenvalue weighted by molar-refractivity contribution is -0.115. The molecule has 3 aromatic rings. The van der Waals surface area contributed by atoms with Crippen LogP contribution in [0.2, 0.25) is 10.3 Å². The smallest absolute Gasteiger partial charge is 0.259 e. The average Bonchev–Trinajstić information content (AvgIpc) is 3.07. The van der Waals surface area contributed by atoms with Crippen molar-refractivity contribution in [1.82, 2.24) is 34.3 Å². The normalized spacial score (nSPS) is 13.4. The Balaban J connectivity index is 0.000000131. The predicted octanol–water partition coefficient (Wildman–Crippen LogP) is 0.692. The molecular weight excluding hydrogens is 335 g/mol. The molecule has 0 spiro atoms. The summed E-state index contributed by atoms with van der Waals surface area (Å²) in [5.74, 6) is -0.0782. The Morgan fingerprint density at radius 3 is 2.73 bits per heavy atom. The van der Waals surface area contributed by atoms with E-state index < -0.39 is 0 Å². The number of fused-ring (bicyclic) bond motifs is 2. The van der Waals surface area contributed by atoms with E-state index in [1.165, 1.54) is 23.2 Å². The molecule has 0 atom stereocenters. The van der Waals surface area contributed by atoms with Gasteiger partial charge in [0.25, 0.3) is 11.7 Å². The maximum atomic E-state index is 11.0. The SMILES string of the molecule is Clc1cc(Cl)n2ncnc2n1.O=C1CC(=O)n2ncnc2N1. The van der Waals surface area contributed by atoms with E-state index in [0.29, 0.717) is 16.1 Å². The molecule has 22 heavy (non-hydrogen) atoms. The molecule has 4 rings (SSSR count). The minimum Gasteiger partial charge on any atom is -0.294 e. The second kappa shape index (κ2) is 5.66. The average molecular weight is 341 g/mol. The number of aromatic nitrogens is 7. The van der Waals surface area contributed by atoms with Crippen LogP contribution >= 0.6 is 23.2 Å². The summed E-state index contributed by atoms with van der Waals surface area (Å²) in [6, 6.07) is 1.50. The maximum absolute atomic E-state index is 11.0. The van der Waals surface area contributed by atoms with Crippen molar-refractivity contribution < 1.29 is 9.59 Å². The van der Waals surface area contributed by atoms with Crippen LogP contribution in [0.15, 0.2) is 18.7 Å². The van der Waals surface area contributed by atoms with E-state index in [1.54, 1.807) is 0 Å². The van der Waals surface area contributed by atoms with Crippen LogP contribution in [0.3, 0.4) is 0 Å². The zero-order valence-electron chi connectivity index (χ0n) is 10.6. The Morgan fingerprint density at radius 2 is 1.91 bits per heavy atom. The molecule has 1 aliphatic rings. The van der Waals surface area contributed by atoms with Gasteiger partial charge in [-0.05, 0) is 0 Å². The molecule has 12 heteroatoms. The summed E-state index contributed by atoms with van der Waals surface area (Å²) in [6.45, 7) is 0. The lowest BCUT2D eigenvalue weighted by Gasteiger charge is -2.09. The molecule has 0 bridgehead atoms. The minimum atomic E-state index is -0.346. The van der Waals surface area contributed by atoms with Crippen LogP contribution in [-0.2, 0) is 4.79 Å². The van der Waals surface area contributed by atoms with Gasteiger partial charge in [-0.3, -0.25) is 14.9 Å². The number of amides is 1. The van der Waals surface area contributed by atoms with Crippen LogP contribution in [-0.4, -0.2) is 46.2 Å². The Bertz CT molecular complexity index is 873. The third kappa shape index (κ3) is 2.73. The quantitative estimate of drug-likeness (QED) is 0.472. The third-order valence-electron chi connectivity index (χ3n) is 2.52. The van der Waals surface area contributed by atoms with Gasteiger partial charge in [-0.25, -0.2) is 0 Å². The Morgan fingerprint density at radius 1 is 1.14 bits per heavy atom. The molecule has 1 amide bonds. The first kappa shape index (κ1) is 14.4. The van der Waals surface area contributed by atoms with Crippen molar-refractivity contribution in [3.8, 4) is 0 Å². The monoisotopic (exact) mass is 340 g/mol. The summed E-state index contributed by atoms with van der Waals surface area (Å²) in [4.78, 5) is 33.0. The highest BCUT2D eigenvalue weighted by atomic mass is 35.5. The molecule has 112 valence electrons. The highest BCUT2D eigenvalue weighted by Gasteiger charge is 2.23. The van der Waals surface area contributed by atoms with Gasteiger partial charge in [0.2, 0.25) is 11.9 Å². The summed E-state index contributed by atoms with van der Waals surface area (Å²) in [7, 11) is 0. The molecule has 0 unspecified atom stereocenters. The summed E-state index contributed by atoms with van der Waals surface area (Å²) >= 11 is 11.3. The molecule has 0 saturated heterocycles. The van der Waals surface area contributed by atoms with Gasteiger partial charge in [-0.15, -0.1) is 0 Å². The highest BCUT2D eigenvalue weighted by molar-refractivity contribution is 6.33. The number of nitrogens with one attached hydrogen (secondary N) is 1. The van der Waals surface area contributed by atoms with E-state index in [9.17, 15) is 9.59 Å². The van der Waals surface area contributed by atoms with E-state index in [2.05, 4.69) is 30.5 Å². The fourth-order valence-electron chi connectivity index (χ4n) is 1.64. The molecular formula is C10H6Cl2N8O2. The van der Waals surface area contributed by atoms with Gasteiger partial charge >= 0.3 is 0 Å². The number of nitrogens with zero attached hydrogens (tertiary/aromatic N) is 7. The number of hydrogen-bond acceptors (Lipinski definition) is 7. The van der Waals surface area contributed by atoms with Crippen molar-refractivity contribution in [3.05, 3.63) is 29.0 Å². The van der Waals surface area contributed by atoms with E-state index in [0.717, 1.165) is 4.68 Å². The van der Waals surface area contributed by atoms with Crippen LogP contribution in [0.1, 0.15) is 11.2 Å². The first-order valence-corrected chi connectivity index (χ1v) is 6.55. The molecule has 4 heterocycles. The van der Waals surface area contributed by atoms with E-state index >= 15 is 0 Å². The minimum absolute atomic E-state index is 0.156. The zero-order chi connectivity index (χ0) is 15.7. The van der Waals surface area contributed by atoms with Crippen LogP contribution in [0, 0.1) is 0 Å². The van der Waals surface area contributed by atoms with Gasteiger partial charge in [0.1, 0.15) is 29.4 Å². The number of carbonyl (C=O) groups is 2. The van der Waals surface area contributed by atoms with Crippen LogP contribution in [0.5, 0.6) is 0 Å². The topological polar surface area (TPSA) is 120 Å². The van der Waals surface area contributed by atoms with Gasteiger partial charge in [0, 0.05) is 6.07 Å². The van der Waals surface area contributed by atoms with Gasteiger partial charge in [-0.2, -0.15) is 34.3 Å². The Kier molecular flexibility index (Phi) is 3.69. The molecule has 1 N–H and O–H groups in total. The fourth-order valence-corrected chi connectivity index (χ4v) is 2.10. The first-order chi connectivity index (χ1) is 10.5. The number of rotatable bonds is 0. The summed E-state index contributed by atoms with van der Waals surface area (Å²) in [5.41, 5.74) is 0. The third-order valence-corrected chi connectivity index (χ3v) is 2.99. The Labute approximate surface area is 132 Å². The number of halogens is 2. The van der Waals surface area contributed by atoms with Crippen LogP contribution in [0.25, 0.3) is 5.78 Å². The van der Waals surface area contributed by atoms with Gasteiger partial charge in [0.05, 0.1) is 0 Å². The molecule has 3 aromatic heterocycles. The Hall–Kier alpha value is -2.59. The summed E-state index contributed by atoms with van der Waals surface area (Å²) in [5, 5.41) is 10.5.